The summed E-state index contributed by atoms with van der Waals surface area (Å²) in [5.74, 6) is 1.03. The Hall–Kier alpha value is -0.610. The van der Waals surface area contributed by atoms with Gasteiger partial charge in [0.25, 0.3) is 0 Å². The van der Waals surface area contributed by atoms with Crippen LogP contribution in [0.5, 0.6) is 0 Å². The van der Waals surface area contributed by atoms with Gasteiger partial charge in [-0.25, -0.2) is 0 Å². The van der Waals surface area contributed by atoms with Crippen LogP contribution >= 0.6 is 0 Å². The summed E-state index contributed by atoms with van der Waals surface area (Å²) in [4.78, 5) is 14.3. The van der Waals surface area contributed by atoms with Crippen LogP contribution in [0.4, 0.5) is 0 Å². The Morgan fingerprint density at radius 3 is 2.62 bits per heavy atom. The topological polar surface area (TPSA) is 41.6 Å². The molecule has 1 aliphatic carbocycles. The van der Waals surface area contributed by atoms with Crippen molar-refractivity contribution in [2.24, 2.45) is 11.8 Å². The van der Waals surface area contributed by atoms with Crippen LogP contribution in [0.2, 0.25) is 0 Å². The average Bonchev–Trinajstić information content (AvgIpc) is 2.99. The first-order valence-electron chi connectivity index (χ1n) is 6.24. The van der Waals surface area contributed by atoms with Gasteiger partial charge in [-0.2, -0.15) is 0 Å². The van der Waals surface area contributed by atoms with E-state index >= 15 is 0 Å². The van der Waals surface area contributed by atoms with E-state index < -0.39 is 0 Å². The van der Waals surface area contributed by atoms with Gasteiger partial charge < -0.3 is 15.0 Å². The van der Waals surface area contributed by atoms with Crippen molar-refractivity contribution >= 4 is 5.91 Å². The first kappa shape index (κ1) is 11.9. The fourth-order valence-corrected chi connectivity index (χ4v) is 2.18. The molecule has 2 aliphatic rings. The summed E-state index contributed by atoms with van der Waals surface area (Å²) in [6.45, 7) is 5.46. The zero-order valence-corrected chi connectivity index (χ0v) is 10.2. The molecule has 4 nitrogen and oxygen atoms in total. The molecular weight excluding hydrogens is 204 g/mol. The number of rotatable bonds is 6. The highest BCUT2D eigenvalue weighted by Gasteiger charge is 2.37. The highest BCUT2D eigenvalue weighted by atomic mass is 16.5. The second-order valence-electron chi connectivity index (χ2n) is 4.96. The zero-order valence-electron chi connectivity index (χ0n) is 10.2. The fraction of sp³-hybridized carbons (Fsp3) is 0.917. The Balaban J connectivity index is 1.87. The standard InChI is InChI=1S/C12H22N2O2/c1-9(10-7-13-8-10)12(15)14(5-6-16-2)11-3-4-11/h9-11,13H,3-8H2,1-2H3. The van der Waals surface area contributed by atoms with E-state index in [9.17, 15) is 4.79 Å². The molecule has 4 heteroatoms. The SMILES string of the molecule is COCCN(C(=O)C(C)C1CNC1)C1CC1. The molecule has 1 saturated heterocycles. The molecule has 1 saturated carbocycles. The van der Waals surface area contributed by atoms with Crippen LogP contribution in [-0.4, -0.2) is 50.2 Å². The van der Waals surface area contributed by atoms with Gasteiger partial charge in [0.15, 0.2) is 0 Å². The molecule has 16 heavy (non-hydrogen) atoms. The van der Waals surface area contributed by atoms with Crippen molar-refractivity contribution in [2.45, 2.75) is 25.8 Å². The van der Waals surface area contributed by atoms with Gasteiger partial charge in [-0.1, -0.05) is 6.92 Å². The van der Waals surface area contributed by atoms with E-state index in [0.717, 1.165) is 19.6 Å². The Morgan fingerprint density at radius 2 is 2.19 bits per heavy atom. The van der Waals surface area contributed by atoms with Crippen LogP contribution < -0.4 is 5.32 Å². The molecule has 0 aromatic carbocycles. The molecule has 1 amide bonds. The van der Waals surface area contributed by atoms with Crippen LogP contribution in [-0.2, 0) is 9.53 Å². The maximum Gasteiger partial charge on any atom is 0.226 e. The van der Waals surface area contributed by atoms with Gasteiger partial charge in [-0.15, -0.1) is 0 Å². The van der Waals surface area contributed by atoms with Crippen LogP contribution in [0.25, 0.3) is 0 Å². The minimum atomic E-state index is 0.165. The number of nitrogens with one attached hydrogen (secondary N) is 1. The average molecular weight is 226 g/mol. The van der Waals surface area contributed by atoms with E-state index in [-0.39, 0.29) is 5.92 Å². The Morgan fingerprint density at radius 1 is 1.50 bits per heavy atom. The third kappa shape index (κ3) is 2.55. The van der Waals surface area contributed by atoms with Crippen LogP contribution in [0.15, 0.2) is 0 Å². The summed E-state index contributed by atoms with van der Waals surface area (Å²) >= 11 is 0. The molecule has 0 aromatic rings. The van der Waals surface area contributed by atoms with E-state index in [2.05, 4.69) is 12.2 Å². The van der Waals surface area contributed by atoms with Gasteiger partial charge in [-0.05, 0) is 31.8 Å². The van der Waals surface area contributed by atoms with Crippen LogP contribution in [0.3, 0.4) is 0 Å². The molecule has 0 spiro atoms. The number of carbonyl (C=O) groups is 1. The van der Waals surface area contributed by atoms with Gasteiger partial charge in [0.05, 0.1) is 6.61 Å². The van der Waals surface area contributed by atoms with E-state index in [1.165, 1.54) is 12.8 Å². The van der Waals surface area contributed by atoms with Crippen molar-refractivity contribution in [1.82, 2.24) is 10.2 Å². The predicted molar refractivity (Wildman–Crippen MR) is 62.1 cm³/mol. The largest absolute Gasteiger partial charge is 0.383 e. The highest BCUT2D eigenvalue weighted by molar-refractivity contribution is 5.79. The van der Waals surface area contributed by atoms with Crippen molar-refractivity contribution in [3.05, 3.63) is 0 Å². The van der Waals surface area contributed by atoms with E-state index in [4.69, 9.17) is 4.74 Å². The Kier molecular flexibility index (Phi) is 3.82. The van der Waals surface area contributed by atoms with Crippen LogP contribution in [0.1, 0.15) is 19.8 Å². The van der Waals surface area contributed by atoms with Gasteiger partial charge >= 0.3 is 0 Å². The highest BCUT2D eigenvalue weighted by Crippen LogP contribution is 2.29. The van der Waals surface area contributed by atoms with Gasteiger partial charge in [0, 0.05) is 25.6 Å². The lowest BCUT2D eigenvalue weighted by Gasteiger charge is -2.35. The number of hydrogen-bond donors (Lipinski definition) is 1. The smallest absolute Gasteiger partial charge is 0.226 e. The first-order valence-corrected chi connectivity index (χ1v) is 6.24. The molecular formula is C12H22N2O2. The summed E-state index contributed by atoms with van der Waals surface area (Å²) < 4.78 is 5.07. The van der Waals surface area contributed by atoms with E-state index in [1.807, 2.05) is 4.90 Å². The number of amides is 1. The molecule has 0 bridgehead atoms. The van der Waals surface area contributed by atoms with E-state index in [0.29, 0.717) is 24.5 Å². The maximum atomic E-state index is 12.3. The van der Waals surface area contributed by atoms with Crippen molar-refractivity contribution in [3.8, 4) is 0 Å². The van der Waals surface area contributed by atoms with Crippen molar-refractivity contribution < 1.29 is 9.53 Å². The lowest BCUT2D eigenvalue weighted by atomic mass is 9.88. The molecule has 1 unspecified atom stereocenters. The normalized spacial score (nSPS) is 22.6. The van der Waals surface area contributed by atoms with Crippen molar-refractivity contribution in [1.29, 1.82) is 0 Å². The summed E-state index contributed by atoms with van der Waals surface area (Å²) in [5.41, 5.74) is 0. The Bertz CT molecular complexity index is 249. The van der Waals surface area contributed by atoms with E-state index in [1.54, 1.807) is 7.11 Å². The number of ether oxygens (including phenoxy) is 1. The third-order valence-corrected chi connectivity index (χ3v) is 3.72. The van der Waals surface area contributed by atoms with Gasteiger partial charge in [-0.3, -0.25) is 4.79 Å². The van der Waals surface area contributed by atoms with Crippen molar-refractivity contribution in [3.63, 3.8) is 0 Å². The van der Waals surface area contributed by atoms with Crippen LogP contribution in [0, 0.1) is 11.8 Å². The van der Waals surface area contributed by atoms with Gasteiger partial charge in [0.2, 0.25) is 5.91 Å². The number of methoxy groups -OCH3 is 1. The molecule has 92 valence electrons. The second kappa shape index (κ2) is 5.15. The summed E-state index contributed by atoms with van der Waals surface area (Å²) in [7, 11) is 1.69. The molecule has 0 radical (unpaired) electrons. The lowest BCUT2D eigenvalue weighted by molar-refractivity contribution is -0.138. The monoisotopic (exact) mass is 226 g/mol. The molecule has 2 fully saturated rings. The number of nitrogens with zero attached hydrogens (tertiary/aromatic N) is 1. The number of hydrogen-bond acceptors (Lipinski definition) is 3. The minimum absolute atomic E-state index is 0.165. The molecule has 0 aromatic heterocycles. The molecule has 1 N–H and O–H groups in total. The first-order chi connectivity index (χ1) is 7.74. The van der Waals surface area contributed by atoms with Gasteiger partial charge in [0.1, 0.15) is 0 Å². The maximum absolute atomic E-state index is 12.3. The second-order valence-corrected chi connectivity index (χ2v) is 4.96. The summed E-state index contributed by atoms with van der Waals surface area (Å²) in [6.07, 6.45) is 2.34. The molecule has 2 rings (SSSR count). The fourth-order valence-electron chi connectivity index (χ4n) is 2.18. The van der Waals surface area contributed by atoms with Crippen molar-refractivity contribution in [2.75, 3.05) is 33.4 Å². The third-order valence-electron chi connectivity index (χ3n) is 3.72. The lowest BCUT2D eigenvalue weighted by Crippen LogP contribution is -2.51. The molecule has 1 aliphatic heterocycles. The number of carbonyl (C=O) groups excluding carboxylic acids is 1. The quantitative estimate of drug-likeness (QED) is 0.716. The predicted octanol–water partition coefficient (Wildman–Crippen LogP) is 0.479. The molecule has 1 atom stereocenters. The summed E-state index contributed by atoms with van der Waals surface area (Å²) in [5, 5.41) is 3.23. The minimum Gasteiger partial charge on any atom is -0.383 e. The zero-order chi connectivity index (χ0) is 11.5. The molecule has 1 heterocycles. The Labute approximate surface area is 97.3 Å². The summed E-state index contributed by atoms with van der Waals surface area (Å²) in [6, 6.07) is 0.498.